The van der Waals surface area contributed by atoms with E-state index in [9.17, 15) is 14.9 Å². The number of nitrogens with zero attached hydrogens (tertiary/aromatic N) is 6. The standard InChI is InChI=1S/C20H19ClN6O3/c1-14-19(22-23-26(14)18-4-2-3-15(21)13-18)20(28)25-11-9-24(10-12-25)16-5-7-17(8-6-16)27(29)30/h2-8,13H,9-12H2,1H3. The average Bonchev–Trinajstić information content (AvgIpc) is 3.14. The maximum atomic E-state index is 13.0. The van der Waals surface area contributed by atoms with Crippen LogP contribution in [0.25, 0.3) is 5.69 Å². The molecule has 9 nitrogen and oxygen atoms in total. The molecule has 4 rings (SSSR count). The molecule has 0 atom stereocenters. The van der Waals surface area contributed by atoms with Gasteiger partial charge in [0.05, 0.1) is 16.3 Å². The number of carbonyl (C=O) groups excluding carboxylic acids is 1. The summed E-state index contributed by atoms with van der Waals surface area (Å²) in [6.45, 7) is 4.12. The Hall–Kier alpha value is -3.46. The number of benzene rings is 2. The second-order valence-electron chi connectivity index (χ2n) is 6.97. The lowest BCUT2D eigenvalue weighted by Crippen LogP contribution is -2.49. The van der Waals surface area contributed by atoms with Crippen LogP contribution in [-0.2, 0) is 0 Å². The van der Waals surface area contributed by atoms with Crippen LogP contribution in [0.4, 0.5) is 11.4 Å². The number of anilines is 1. The largest absolute Gasteiger partial charge is 0.368 e. The summed E-state index contributed by atoms with van der Waals surface area (Å²) in [4.78, 5) is 27.2. The third kappa shape index (κ3) is 3.84. The van der Waals surface area contributed by atoms with Crippen molar-refractivity contribution in [1.29, 1.82) is 0 Å². The van der Waals surface area contributed by atoms with Crippen molar-refractivity contribution in [2.75, 3.05) is 31.1 Å². The van der Waals surface area contributed by atoms with Gasteiger partial charge in [-0.1, -0.05) is 22.9 Å². The van der Waals surface area contributed by atoms with Gasteiger partial charge in [-0.05, 0) is 37.3 Å². The minimum atomic E-state index is -0.417. The van der Waals surface area contributed by atoms with Crippen LogP contribution in [0.5, 0.6) is 0 Å². The molecule has 30 heavy (non-hydrogen) atoms. The molecule has 1 saturated heterocycles. The van der Waals surface area contributed by atoms with E-state index in [4.69, 9.17) is 11.6 Å². The topological polar surface area (TPSA) is 97.4 Å². The quantitative estimate of drug-likeness (QED) is 0.469. The lowest BCUT2D eigenvalue weighted by atomic mass is 10.2. The predicted molar refractivity (Wildman–Crippen MR) is 112 cm³/mol. The van der Waals surface area contributed by atoms with Crippen LogP contribution >= 0.6 is 11.6 Å². The van der Waals surface area contributed by atoms with E-state index in [2.05, 4.69) is 15.2 Å². The summed E-state index contributed by atoms with van der Waals surface area (Å²) in [5, 5.41) is 19.6. The molecule has 2 aromatic carbocycles. The molecule has 10 heteroatoms. The molecule has 1 aliphatic heterocycles. The molecule has 1 amide bonds. The first-order chi connectivity index (χ1) is 14.4. The Morgan fingerprint density at radius 2 is 1.77 bits per heavy atom. The minimum absolute atomic E-state index is 0.0610. The predicted octanol–water partition coefficient (Wildman–Crippen LogP) is 3.10. The summed E-state index contributed by atoms with van der Waals surface area (Å²) in [6, 6.07) is 13.7. The van der Waals surface area contributed by atoms with E-state index in [1.807, 2.05) is 12.1 Å². The molecule has 0 radical (unpaired) electrons. The second-order valence-corrected chi connectivity index (χ2v) is 7.40. The molecule has 3 aromatic rings. The molecule has 0 spiro atoms. The van der Waals surface area contributed by atoms with Crippen molar-refractivity contribution in [1.82, 2.24) is 19.9 Å². The lowest BCUT2D eigenvalue weighted by Gasteiger charge is -2.35. The van der Waals surface area contributed by atoms with Gasteiger partial charge in [0, 0.05) is 49.0 Å². The first-order valence-electron chi connectivity index (χ1n) is 9.41. The molecule has 0 bridgehead atoms. The highest BCUT2D eigenvalue weighted by Crippen LogP contribution is 2.22. The van der Waals surface area contributed by atoms with Gasteiger partial charge in [0.25, 0.3) is 11.6 Å². The van der Waals surface area contributed by atoms with Gasteiger partial charge >= 0.3 is 0 Å². The van der Waals surface area contributed by atoms with E-state index < -0.39 is 4.92 Å². The summed E-state index contributed by atoms with van der Waals surface area (Å²) in [6.07, 6.45) is 0. The highest BCUT2D eigenvalue weighted by molar-refractivity contribution is 6.30. The van der Waals surface area contributed by atoms with Gasteiger partial charge in [-0.15, -0.1) is 5.10 Å². The first-order valence-corrected chi connectivity index (χ1v) is 9.79. The van der Waals surface area contributed by atoms with Gasteiger partial charge in [-0.3, -0.25) is 14.9 Å². The van der Waals surface area contributed by atoms with Crippen LogP contribution in [0, 0.1) is 17.0 Å². The zero-order valence-corrected chi connectivity index (χ0v) is 17.0. The number of aromatic nitrogens is 3. The maximum absolute atomic E-state index is 13.0. The van der Waals surface area contributed by atoms with Crippen LogP contribution in [0.15, 0.2) is 48.5 Å². The fraction of sp³-hybridized carbons (Fsp3) is 0.250. The lowest BCUT2D eigenvalue weighted by molar-refractivity contribution is -0.384. The van der Waals surface area contributed by atoms with Crippen LogP contribution < -0.4 is 4.90 Å². The molecular formula is C20H19ClN6O3. The number of hydrogen-bond donors (Lipinski definition) is 0. The summed E-state index contributed by atoms with van der Waals surface area (Å²) in [7, 11) is 0. The van der Waals surface area contributed by atoms with Crippen LogP contribution in [-0.4, -0.2) is 56.9 Å². The Labute approximate surface area is 177 Å². The second kappa shape index (κ2) is 8.11. The first kappa shape index (κ1) is 19.8. The average molecular weight is 427 g/mol. The van der Waals surface area contributed by atoms with Gasteiger partial charge in [0.1, 0.15) is 0 Å². The number of amides is 1. The zero-order valence-electron chi connectivity index (χ0n) is 16.2. The van der Waals surface area contributed by atoms with Crippen molar-refractivity contribution >= 4 is 28.9 Å². The fourth-order valence-electron chi connectivity index (χ4n) is 3.48. The number of hydrogen-bond acceptors (Lipinski definition) is 6. The molecular weight excluding hydrogens is 408 g/mol. The smallest absolute Gasteiger partial charge is 0.276 e. The molecule has 1 fully saturated rings. The third-order valence-corrected chi connectivity index (χ3v) is 5.38. The summed E-state index contributed by atoms with van der Waals surface area (Å²) < 4.78 is 1.60. The number of nitro groups is 1. The molecule has 0 aliphatic carbocycles. The van der Waals surface area contributed by atoms with Crippen molar-refractivity contribution < 1.29 is 9.72 Å². The monoisotopic (exact) mass is 426 g/mol. The fourth-order valence-corrected chi connectivity index (χ4v) is 3.67. The van der Waals surface area contributed by atoms with E-state index in [0.717, 1.165) is 11.4 Å². The van der Waals surface area contributed by atoms with Crippen molar-refractivity contribution in [3.05, 3.63) is 75.1 Å². The van der Waals surface area contributed by atoms with Crippen LogP contribution in [0.3, 0.4) is 0 Å². The SMILES string of the molecule is Cc1c(C(=O)N2CCN(c3ccc([N+](=O)[O-])cc3)CC2)nnn1-c1cccc(Cl)c1. The van der Waals surface area contributed by atoms with Crippen molar-refractivity contribution in [3.63, 3.8) is 0 Å². The molecule has 154 valence electrons. The minimum Gasteiger partial charge on any atom is -0.368 e. The Morgan fingerprint density at radius 3 is 2.40 bits per heavy atom. The van der Waals surface area contributed by atoms with Crippen molar-refractivity contribution in [3.8, 4) is 5.69 Å². The van der Waals surface area contributed by atoms with E-state index in [0.29, 0.717) is 42.6 Å². The van der Waals surface area contributed by atoms with Crippen molar-refractivity contribution in [2.45, 2.75) is 6.92 Å². The Balaban J connectivity index is 1.44. The van der Waals surface area contributed by atoms with E-state index in [1.54, 1.807) is 40.8 Å². The third-order valence-electron chi connectivity index (χ3n) is 5.14. The van der Waals surface area contributed by atoms with Gasteiger partial charge in [-0.2, -0.15) is 0 Å². The molecule has 0 saturated carbocycles. The van der Waals surface area contributed by atoms with Crippen LogP contribution in [0.2, 0.25) is 5.02 Å². The molecule has 1 aliphatic rings. The zero-order chi connectivity index (χ0) is 21.3. The Bertz CT molecular complexity index is 1090. The molecule has 0 N–H and O–H groups in total. The number of non-ortho nitro benzene ring substituents is 1. The molecule has 2 heterocycles. The highest BCUT2D eigenvalue weighted by Gasteiger charge is 2.26. The highest BCUT2D eigenvalue weighted by atomic mass is 35.5. The summed E-state index contributed by atoms with van der Waals surface area (Å²) in [5.74, 6) is -0.163. The maximum Gasteiger partial charge on any atom is 0.276 e. The van der Waals surface area contributed by atoms with E-state index in [-0.39, 0.29) is 11.6 Å². The molecule has 0 unspecified atom stereocenters. The van der Waals surface area contributed by atoms with Gasteiger partial charge in [-0.25, -0.2) is 4.68 Å². The normalized spacial score (nSPS) is 14.1. The van der Waals surface area contributed by atoms with Gasteiger partial charge < -0.3 is 9.80 Å². The summed E-state index contributed by atoms with van der Waals surface area (Å²) >= 11 is 6.05. The van der Waals surface area contributed by atoms with Crippen molar-refractivity contribution in [2.24, 2.45) is 0 Å². The van der Waals surface area contributed by atoms with E-state index in [1.165, 1.54) is 12.1 Å². The number of halogens is 1. The number of nitro benzene ring substituents is 1. The number of piperazine rings is 1. The Morgan fingerprint density at radius 1 is 1.07 bits per heavy atom. The summed E-state index contributed by atoms with van der Waals surface area (Å²) in [5.41, 5.74) is 2.68. The Kier molecular flexibility index (Phi) is 5.37. The van der Waals surface area contributed by atoms with Gasteiger partial charge in [0.2, 0.25) is 0 Å². The number of carbonyl (C=O) groups is 1. The van der Waals surface area contributed by atoms with Crippen LogP contribution in [0.1, 0.15) is 16.2 Å². The van der Waals surface area contributed by atoms with E-state index >= 15 is 0 Å². The number of rotatable bonds is 4. The molecule has 1 aromatic heterocycles. The van der Waals surface area contributed by atoms with Gasteiger partial charge in [0.15, 0.2) is 5.69 Å².